The standard InChI is InChI=1S/C20H21N5O2/c21-19(26)17-13-16(22-23-17)18-5-1-2-12-25(18)20(27)14-6-8-15(9-7-14)24-10-3-4-11-24/h3-4,6-11,13,18H,1-2,5,12H2,(H2,21,26)(H,22,23)/t18-/m0/s1. The molecule has 7 heteroatoms. The molecule has 0 aliphatic carbocycles. The normalized spacial score (nSPS) is 17.0. The van der Waals surface area contributed by atoms with Crippen LogP contribution in [-0.2, 0) is 0 Å². The monoisotopic (exact) mass is 363 g/mol. The molecule has 2 aromatic heterocycles. The summed E-state index contributed by atoms with van der Waals surface area (Å²) in [6.07, 6.45) is 6.73. The highest BCUT2D eigenvalue weighted by molar-refractivity contribution is 5.95. The summed E-state index contributed by atoms with van der Waals surface area (Å²) in [5.74, 6) is -0.597. The van der Waals surface area contributed by atoms with Gasteiger partial charge in [0.2, 0.25) is 0 Å². The van der Waals surface area contributed by atoms with E-state index in [1.807, 2.05) is 58.3 Å². The number of likely N-dealkylation sites (tertiary alicyclic amines) is 1. The molecule has 138 valence electrons. The number of nitrogens with zero attached hydrogens (tertiary/aromatic N) is 3. The molecular formula is C20H21N5O2. The molecule has 27 heavy (non-hydrogen) atoms. The molecule has 0 radical (unpaired) electrons. The summed E-state index contributed by atoms with van der Waals surface area (Å²) in [6, 6.07) is 13.0. The van der Waals surface area contributed by atoms with Crippen LogP contribution in [0, 0.1) is 0 Å². The third-order valence-electron chi connectivity index (χ3n) is 4.99. The number of nitrogens with two attached hydrogens (primary N) is 1. The first-order chi connectivity index (χ1) is 13.1. The Labute approximate surface area is 156 Å². The Morgan fingerprint density at radius 3 is 2.52 bits per heavy atom. The summed E-state index contributed by atoms with van der Waals surface area (Å²) in [7, 11) is 0. The minimum atomic E-state index is -0.577. The van der Waals surface area contributed by atoms with Crippen LogP contribution in [0.1, 0.15) is 51.8 Å². The van der Waals surface area contributed by atoms with Crippen LogP contribution in [0.25, 0.3) is 5.69 Å². The van der Waals surface area contributed by atoms with Crippen LogP contribution in [0.4, 0.5) is 0 Å². The van der Waals surface area contributed by atoms with E-state index in [9.17, 15) is 9.59 Å². The van der Waals surface area contributed by atoms with Gasteiger partial charge in [-0.05, 0) is 61.7 Å². The fourth-order valence-corrected chi connectivity index (χ4v) is 3.58. The van der Waals surface area contributed by atoms with Gasteiger partial charge in [0.15, 0.2) is 0 Å². The van der Waals surface area contributed by atoms with Crippen molar-refractivity contribution in [3.8, 4) is 5.69 Å². The molecule has 2 amide bonds. The summed E-state index contributed by atoms with van der Waals surface area (Å²) >= 11 is 0. The van der Waals surface area contributed by atoms with Crippen molar-refractivity contribution >= 4 is 11.8 Å². The number of H-pyrrole nitrogens is 1. The summed E-state index contributed by atoms with van der Waals surface area (Å²) in [5.41, 5.74) is 7.89. The number of rotatable bonds is 4. The third-order valence-corrected chi connectivity index (χ3v) is 4.99. The Morgan fingerprint density at radius 2 is 1.85 bits per heavy atom. The Hall–Kier alpha value is -3.35. The lowest BCUT2D eigenvalue weighted by Gasteiger charge is -2.35. The smallest absolute Gasteiger partial charge is 0.269 e. The molecule has 1 atom stereocenters. The molecule has 3 heterocycles. The number of hydrogen-bond acceptors (Lipinski definition) is 3. The second kappa shape index (κ2) is 7.11. The van der Waals surface area contributed by atoms with Gasteiger partial charge in [-0.15, -0.1) is 0 Å². The van der Waals surface area contributed by atoms with E-state index < -0.39 is 5.91 Å². The lowest BCUT2D eigenvalue weighted by Crippen LogP contribution is -2.38. The first kappa shape index (κ1) is 17.1. The van der Waals surface area contributed by atoms with Crippen molar-refractivity contribution in [2.45, 2.75) is 25.3 Å². The number of amides is 2. The van der Waals surface area contributed by atoms with Crippen molar-refractivity contribution in [3.63, 3.8) is 0 Å². The average molecular weight is 363 g/mol. The van der Waals surface area contributed by atoms with E-state index in [0.29, 0.717) is 12.1 Å². The quantitative estimate of drug-likeness (QED) is 0.746. The largest absolute Gasteiger partial charge is 0.364 e. The van der Waals surface area contributed by atoms with Gasteiger partial charge in [-0.1, -0.05) is 0 Å². The van der Waals surface area contributed by atoms with Crippen molar-refractivity contribution in [2.24, 2.45) is 5.73 Å². The molecule has 7 nitrogen and oxygen atoms in total. The predicted molar refractivity (Wildman–Crippen MR) is 101 cm³/mol. The number of piperidine rings is 1. The van der Waals surface area contributed by atoms with Crippen molar-refractivity contribution in [1.29, 1.82) is 0 Å². The van der Waals surface area contributed by atoms with Gasteiger partial charge < -0.3 is 15.2 Å². The van der Waals surface area contributed by atoms with Gasteiger partial charge in [-0.3, -0.25) is 14.7 Å². The molecule has 1 aliphatic heterocycles. The summed E-state index contributed by atoms with van der Waals surface area (Å²) in [6.45, 7) is 0.674. The van der Waals surface area contributed by atoms with Crippen LogP contribution in [-0.4, -0.2) is 38.0 Å². The molecule has 1 fully saturated rings. The van der Waals surface area contributed by atoms with E-state index in [1.54, 1.807) is 6.07 Å². The van der Waals surface area contributed by atoms with E-state index in [2.05, 4.69) is 10.2 Å². The fraction of sp³-hybridized carbons (Fsp3) is 0.250. The van der Waals surface area contributed by atoms with E-state index in [4.69, 9.17) is 5.73 Å². The summed E-state index contributed by atoms with van der Waals surface area (Å²) < 4.78 is 1.99. The summed E-state index contributed by atoms with van der Waals surface area (Å²) in [5, 5.41) is 6.83. The van der Waals surface area contributed by atoms with Gasteiger partial charge >= 0.3 is 0 Å². The molecule has 1 saturated heterocycles. The maximum absolute atomic E-state index is 13.1. The molecule has 4 rings (SSSR count). The highest BCUT2D eigenvalue weighted by atomic mass is 16.2. The van der Waals surface area contributed by atoms with Gasteiger partial charge in [0.25, 0.3) is 11.8 Å². The van der Waals surface area contributed by atoms with Crippen molar-refractivity contribution < 1.29 is 9.59 Å². The van der Waals surface area contributed by atoms with E-state index in [0.717, 1.165) is 30.6 Å². The number of carbonyl (C=O) groups excluding carboxylic acids is 2. The maximum Gasteiger partial charge on any atom is 0.269 e. The number of benzene rings is 1. The van der Waals surface area contributed by atoms with Gasteiger partial charge in [-0.2, -0.15) is 5.10 Å². The molecule has 0 spiro atoms. The number of aromatic amines is 1. The average Bonchev–Trinajstić information content (AvgIpc) is 3.40. The Morgan fingerprint density at radius 1 is 1.11 bits per heavy atom. The van der Waals surface area contributed by atoms with Crippen LogP contribution >= 0.6 is 0 Å². The highest BCUT2D eigenvalue weighted by Gasteiger charge is 2.30. The number of nitrogens with one attached hydrogen (secondary N) is 1. The van der Waals surface area contributed by atoms with Gasteiger partial charge in [0, 0.05) is 30.2 Å². The SMILES string of the molecule is NC(=O)c1cc([C@@H]2CCCCN2C(=O)c2ccc(-n3cccc3)cc2)[nH]n1. The number of hydrogen-bond donors (Lipinski definition) is 2. The number of aromatic nitrogens is 3. The predicted octanol–water partition coefficient (Wildman–Crippen LogP) is 2.67. The highest BCUT2D eigenvalue weighted by Crippen LogP contribution is 2.31. The molecule has 0 unspecified atom stereocenters. The van der Waals surface area contributed by atoms with Crippen LogP contribution in [0.15, 0.2) is 54.9 Å². The van der Waals surface area contributed by atoms with Gasteiger partial charge in [-0.25, -0.2) is 0 Å². The number of primary amides is 1. The fourth-order valence-electron chi connectivity index (χ4n) is 3.58. The second-order valence-electron chi connectivity index (χ2n) is 6.72. The molecule has 1 aromatic carbocycles. The Kier molecular flexibility index (Phi) is 4.50. The zero-order chi connectivity index (χ0) is 18.8. The third kappa shape index (κ3) is 3.36. The van der Waals surface area contributed by atoms with Crippen LogP contribution in [0.5, 0.6) is 0 Å². The van der Waals surface area contributed by atoms with E-state index in [-0.39, 0.29) is 17.6 Å². The zero-order valence-electron chi connectivity index (χ0n) is 14.8. The van der Waals surface area contributed by atoms with Gasteiger partial charge in [0.05, 0.1) is 11.7 Å². The zero-order valence-corrected chi connectivity index (χ0v) is 14.8. The molecule has 3 aromatic rings. The molecule has 0 bridgehead atoms. The Bertz CT molecular complexity index is 943. The molecular weight excluding hydrogens is 342 g/mol. The van der Waals surface area contributed by atoms with Crippen molar-refractivity contribution in [1.82, 2.24) is 19.7 Å². The molecule has 0 saturated carbocycles. The van der Waals surface area contributed by atoms with E-state index >= 15 is 0 Å². The molecule has 1 aliphatic rings. The topological polar surface area (TPSA) is 97.0 Å². The van der Waals surface area contributed by atoms with Crippen LogP contribution < -0.4 is 5.73 Å². The summed E-state index contributed by atoms with van der Waals surface area (Å²) in [4.78, 5) is 26.3. The minimum absolute atomic E-state index is 0.0195. The number of carbonyl (C=O) groups is 2. The van der Waals surface area contributed by atoms with Crippen molar-refractivity contribution in [2.75, 3.05) is 6.54 Å². The maximum atomic E-state index is 13.1. The van der Waals surface area contributed by atoms with Crippen LogP contribution in [0.2, 0.25) is 0 Å². The first-order valence-corrected chi connectivity index (χ1v) is 9.03. The van der Waals surface area contributed by atoms with E-state index in [1.165, 1.54) is 0 Å². The first-order valence-electron chi connectivity index (χ1n) is 9.03. The Balaban J connectivity index is 1.57. The molecule has 3 N–H and O–H groups in total. The van der Waals surface area contributed by atoms with Crippen molar-refractivity contribution in [3.05, 3.63) is 71.8 Å². The lowest BCUT2D eigenvalue weighted by atomic mass is 9.98. The lowest BCUT2D eigenvalue weighted by molar-refractivity contribution is 0.0606. The second-order valence-corrected chi connectivity index (χ2v) is 6.72. The van der Waals surface area contributed by atoms with Gasteiger partial charge in [0.1, 0.15) is 5.69 Å². The van der Waals surface area contributed by atoms with Crippen LogP contribution in [0.3, 0.4) is 0 Å². The minimum Gasteiger partial charge on any atom is -0.364 e.